The highest BCUT2D eigenvalue weighted by molar-refractivity contribution is 7.14. The van der Waals surface area contributed by atoms with Crippen LogP contribution < -0.4 is 15.4 Å². The summed E-state index contributed by atoms with van der Waals surface area (Å²) in [5, 5.41) is 1.31. The van der Waals surface area contributed by atoms with Crippen LogP contribution >= 0.6 is 11.3 Å². The minimum atomic E-state index is -4.75. The van der Waals surface area contributed by atoms with E-state index in [1.807, 2.05) is 6.92 Å². The van der Waals surface area contributed by atoms with Crippen LogP contribution in [0.2, 0.25) is 0 Å². The first-order valence-electron chi connectivity index (χ1n) is 9.96. The molecule has 0 bridgehead atoms. The lowest BCUT2D eigenvalue weighted by Crippen LogP contribution is -2.31. The van der Waals surface area contributed by atoms with E-state index < -0.39 is 29.4 Å². The number of hydrogen-bond acceptors (Lipinski definition) is 4. The second kappa shape index (κ2) is 10.2. The maximum Gasteiger partial charge on any atom is 0.420 e. The first-order chi connectivity index (χ1) is 15.6. The molecule has 33 heavy (non-hydrogen) atoms. The predicted octanol–water partition coefficient (Wildman–Crippen LogP) is 6.89. The summed E-state index contributed by atoms with van der Waals surface area (Å²) in [6.07, 6.45) is -2.44. The van der Waals surface area contributed by atoms with E-state index in [-0.39, 0.29) is 34.4 Å². The summed E-state index contributed by atoms with van der Waals surface area (Å²) in [5.74, 6) is -2.01. The molecule has 2 amide bonds. The lowest BCUT2D eigenvalue weighted by atomic mass is 10.1. The second-order valence-electron chi connectivity index (χ2n) is 7.05. The molecule has 0 radical (unpaired) electrons. The Labute approximate surface area is 190 Å². The van der Waals surface area contributed by atoms with Crippen molar-refractivity contribution in [1.82, 2.24) is 4.98 Å². The molecule has 0 saturated heterocycles. The molecule has 176 valence electrons. The van der Waals surface area contributed by atoms with Crippen molar-refractivity contribution < 1.29 is 31.5 Å². The normalized spacial score (nSPS) is 11.5. The molecule has 3 aromatic rings. The molecule has 0 fully saturated rings. The Morgan fingerprint density at radius 3 is 2.55 bits per heavy atom. The number of primary amides is 1. The number of unbranched alkanes of at least 4 members (excludes halogenated alkanes) is 2. The average molecular weight is 485 g/mol. The van der Waals surface area contributed by atoms with Crippen LogP contribution in [0.15, 0.2) is 41.8 Å². The van der Waals surface area contributed by atoms with Crippen LogP contribution in [0.5, 0.6) is 5.75 Å². The molecule has 0 aliphatic heterocycles. The predicted molar refractivity (Wildman–Crippen MR) is 116 cm³/mol. The number of benzene rings is 2. The number of nitrogens with two attached hydrogens (primary N) is 1. The molecule has 0 saturated carbocycles. The second-order valence-corrected chi connectivity index (χ2v) is 7.88. The largest absolute Gasteiger partial charge is 0.493 e. The van der Waals surface area contributed by atoms with E-state index in [0.29, 0.717) is 12.5 Å². The summed E-state index contributed by atoms with van der Waals surface area (Å²) < 4.78 is 73.6. The molecule has 0 unspecified atom stereocenters. The molecule has 0 aliphatic rings. The number of halogens is 5. The fourth-order valence-corrected chi connectivity index (χ4v) is 3.91. The Morgan fingerprint density at radius 2 is 1.91 bits per heavy atom. The highest BCUT2D eigenvalue weighted by Gasteiger charge is 2.36. The zero-order valence-corrected chi connectivity index (χ0v) is 18.3. The van der Waals surface area contributed by atoms with Crippen LogP contribution in [0.25, 0.3) is 11.3 Å². The number of aromatic nitrogens is 1. The minimum Gasteiger partial charge on any atom is -0.493 e. The van der Waals surface area contributed by atoms with E-state index in [9.17, 15) is 26.7 Å². The number of hydrogen-bond donors (Lipinski definition) is 1. The van der Waals surface area contributed by atoms with Crippen molar-refractivity contribution in [3.05, 3.63) is 59.0 Å². The van der Waals surface area contributed by atoms with Gasteiger partial charge in [0.2, 0.25) is 0 Å². The van der Waals surface area contributed by atoms with Gasteiger partial charge >= 0.3 is 12.2 Å². The Bertz CT molecular complexity index is 1130. The average Bonchev–Trinajstić information content (AvgIpc) is 3.20. The third-order valence-electron chi connectivity index (χ3n) is 4.64. The Morgan fingerprint density at radius 1 is 1.15 bits per heavy atom. The number of urea groups is 1. The van der Waals surface area contributed by atoms with Crippen molar-refractivity contribution in [2.24, 2.45) is 5.73 Å². The van der Waals surface area contributed by atoms with Crippen molar-refractivity contribution >= 4 is 28.2 Å². The Kier molecular flexibility index (Phi) is 7.52. The van der Waals surface area contributed by atoms with Crippen LogP contribution in [0.3, 0.4) is 0 Å². The zero-order valence-electron chi connectivity index (χ0n) is 17.5. The summed E-state index contributed by atoms with van der Waals surface area (Å²) in [5.41, 5.74) is 4.22. The summed E-state index contributed by atoms with van der Waals surface area (Å²) in [6, 6.07) is 4.93. The molecule has 1 aromatic heterocycles. The van der Waals surface area contributed by atoms with E-state index in [1.165, 1.54) is 17.5 Å². The molecular formula is C22H20F5N3O2S. The van der Waals surface area contributed by atoms with Gasteiger partial charge in [-0.15, -0.1) is 11.3 Å². The molecule has 2 N–H and O–H groups in total. The Balaban J connectivity index is 1.97. The van der Waals surface area contributed by atoms with Crippen molar-refractivity contribution in [2.75, 3.05) is 11.5 Å². The van der Waals surface area contributed by atoms with Crippen molar-refractivity contribution in [1.29, 1.82) is 0 Å². The quantitative estimate of drug-likeness (QED) is 0.279. The van der Waals surface area contributed by atoms with Gasteiger partial charge in [0.25, 0.3) is 0 Å². The molecule has 5 nitrogen and oxygen atoms in total. The van der Waals surface area contributed by atoms with Gasteiger partial charge in [-0.3, -0.25) is 0 Å². The van der Waals surface area contributed by atoms with Crippen LogP contribution in [0.4, 0.5) is 37.6 Å². The van der Waals surface area contributed by atoms with Crippen LogP contribution in [-0.2, 0) is 6.18 Å². The first kappa shape index (κ1) is 24.4. The van der Waals surface area contributed by atoms with E-state index in [2.05, 4.69) is 4.98 Å². The molecule has 11 heteroatoms. The number of carbonyl (C=O) groups excluding carboxylic acids is 1. The number of nitrogens with zero attached hydrogens (tertiary/aromatic N) is 2. The Hall–Kier alpha value is -3.21. The summed E-state index contributed by atoms with van der Waals surface area (Å²) >= 11 is 0.867. The number of anilines is 2. The van der Waals surface area contributed by atoms with Crippen LogP contribution in [-0.4, -0.2) is 17.6 Å². The molecule has 0 spiro atoms. The molecular weight excluding hydrogens is 465 g/mol. The third kappa shape index (κ3) is 5.78. The molecule has 2 aromatic carbocycles. The molecule has 0 atom stereocenters. The summed E-state index contributed by atoms with van der Waals surface area (Å²) in [4.78, 5) is 17.0. The van der Waals surface area contributed by atoms with E-state index in [1.54, 1.807) is 0 Å². The maximum atomic E-state index is 14.1. The lowest BCUT2D eigenvalue weighted by Gasteiger charge is -2.21. The summed E-state index contributed by atoms with van der Waals surface area (Å²) in [6.45, 7) is 2.08. The van der Waals surface area contributed by atoms with Gasteiger partial charge in [-0.1, -0.05) is 19.8 Å². The number of carbonyl (C=O) groups is 1. The van der Waals surface area contributed by atoms with Gasteiger partial charge in [-0.05, 0) is 36.8 Å². The molecule has 3 rings (SSSR count). The van der Waals surface area contributed by atoms with Gasteiger partial charge in [0, 0.05) is 17.0 Å². The van der Waals surface area contributed by atoms with Crippen LogP contribution in [0.1, 0.15) is 31.7 Å². The number of thiazole rings is 1. The van der Waals surface area contributed by atoms with Crippen molar-refractivity contribution in [2.45, 2.75) is 32.4 Å². The number of amides is 2. The van der Waals surface area contributed by atoms with Gasteiger partial charge in [-0.25, -0.2) is 23.5 Å². The van der Waals surface area contributed by atoms with Crippen molar-refractivity contribution in [3.8, 4) is 17.0 Å². The monoisotopic (exact) mass is 485 g/mol. The van der Waals surface area contributed by atoms with Gasteiger partial charge in [0.1, 0.15) is 17.4 Å². The van der Waals surface area contributed by atoms with Gasteiger partial charge in [0.05, 0.1) is 23.6 Å². The van der Waals surface area contributed by atoms with Gasteiger partial charge in [-0.2, -0.15) is 13.2 Å². The fraction of sp³-hybridized carbons (Fsp3) is 0.273. The van der Waals surface area contributed by atoms with E-state index >= 15 is 0 Å². The lowest BCUT2D eigenvalue weighted by molar-refractivity contribution is -0.138. The van der Waals surface area contributed by atoms with E-state index in [0.717, 1.165) is 47.3 Å². The molecule has 0 aliphatic carbocycles. The number of alkyl halides is 3. The van der Waals surface area contributed by atoms with Gasteiger partial charge < -0.3 is 10.5 Å². The smallest absolute Gasteiger partial charge is 0.420 e. The van der Waals surface area contributed by atoms with Crippen LogP contribution in [0, 0.1) is 11.6 Å². The topological polar surface area (TPSA) is 68.5 Å². The SMILES string of the molecule is CCCCCOc1ccc(N(C(N)=O)c2nc(-c3ccc(F)cc3F)cs2)cc1C(F)(F)F. The summed E-state index contributed by atoms with van der Waals surface area (Å²) in [7, 11) is 0. The first-order valence-corrected chi connectivity index (χ1v) is 10.8. The maximum absolute atomic E-state index is 14.1. The molecule has 1 heterocycles. The standard InChI is InChI=1S/C22H20F5N3O2S/c1-2-3-4-9-32-19-8-6-14(11-16(19)22(25,26)27)30(20(28)31)21-29-18(12-33-21)15-7-5-13(23)10-17(15)24/h5-8,10-12H,2-4,9H2,1H3,(H2,28,31). The highest BCUT2D eigenvalue weighted by Crippen LogP contribution is 2.41. The fourth-order valence-electron chi connectivity index (χ4n) is 3.06. The number of rotatable bonds is 8. The number of ether oxygens (including phenoxy) is 1. The van der Waals surface area contributed by atoms with Crippen molar-refractivity contribution in [3.63, 3.8) is 0 Å². The highest BCUT2D eigenvalue weighted by atomic mass is 32.1. The minimum absolute atomic E-state index is 0.0323. The van der Waals surface area contributed by atoms with E-state index in [4.69, 9.17) is 10.5 Å². The zero-order chi connectivity index (χ0) is 24.2. The van der Waals surface area contributed by atoms with Gasteiger partial charge in [0.15, 0.2) is 5.13 Å². The third-order valence-corrected chi connectivity index (χ3v) is 5.47.